The number of carbonyl (C=O) groups is 3. The molecule has 2 N–H and O–H groups in total. The van der Waals surface area contributed by atoms with E-state index in [0.717, 1.165) is 49.6 Å². The Morgan fingerprint density at radius 2 is 1.67 bits per heavy atom. The van der Waals surface area contributed by atoms with Gasteiger partial charge >= 0.3 is 18.3 Å². The van der Waals surface area contributed by atoms with Gasteiger partial charge < -0.3 is 15.0 Å². The minimum atomic E-state index is -5.23. The third-order valence-electron chi connectivity index (χ3n) is 12.0. The molecule has 3 aromatic heterocycles. The monoisotopic (exact) mass is 1080 g/mol. The van der Waals surface area contributed by atoms with Crippen LogP contribution in [0.5, 0.6) is 0 Å². The summed E-state index contributed by atoms with van der Waals surface area (Å²) in [5, 5.41) is 18.2. The fourth-order valence-corrected chi connectivity index (χ4v) is 9.45. The molecule has 0 saturated heterocycles. The lowest BCUT2D eigenvalue weighted by Gasteiger charge is -2.26. The van der Waals surface area contributed by atoms with Crippen LogP contribution in [0, 0.1) is 35.3 Å². The van der Waals surface area contributed by atoms with E-state index in [2.05, 4.69) is 32.3 Å². The fraction of sp³-hybridized carbons (Fsp3) is 0.409. The summed E-state index contributed by atoms with van der Waals surface area (Å²) in [6.07, 6.45) is -11.3. The highest BCUT2D eigenvalue weighted by Crippen LogP contribution is 2.68. The molecule has 28 heteroatoms. The third-order valence-corrected chi connectivity index (χ3v) is 15.0. The number of rotatable bonds is 15. The number of carboxylic acids is 1. The Bertz CT molecular complexity index is 3240. The predicted molar refractivity (Wildman–Crippen MR) is 234 cm³/mol. The molecule has 72 heavy (non-hydrogen) atoms. The zero-order valence-corrected chi connectivity index (χ0v) is 39.9. The van der Waals surface area contributed by atoms with Gasteiger partial charge in [0.1, 0.15) is 40.9 Å². The van der Waals surface area contributed by atoms with Gasteiger partial charge in [-0.3, -0.25) is 32.3 Å². The average Bonchev–Trinajstić information content (AvgIpc) is 3.75. The van der Waals surface area contributed by atoms with Gasteiger partial charge in [0.05, 0.1) is 52.2 Å². The molecule has 0 bridgehead atoms. The number of hydrogen-bond donors (Lipinski definition) is 2. The molecule has 2 aliphatic rings. The minimum absolute atomic E-state index is 0.115. The van der Waals surface area contributed by atoms with Crippen LogP contribution in [0.1, 0.15) is 85.2 Å². The molecule has 1 saturated carbocycles. The Morgan fingerprint density at radius 3 is 2.25 bits per heavy atom. The molecule has 15 nitrogen and oxygen atoms in total. The topological polar surface area (TPSA) is 210 Å². The zero-order chi connectivity index (χ0) is 53.4. The van der Waals surface area contributed by atoms with Gasteiger partial charge in [0.2, 0.25) is 11.8 Å². The van der Waals surface area contributed by atoms with Crippen molar-refractivity contribution in [3.63, 3.8) is 0 Å². The van der Waals surface area contributed by atoms with Crippen LogP contribution >= 0.6 is 11.6 Å². The maximum absolute atomic E-state index is 15.6. The second-order valence-electron chi connectivity index (χ2n) is 17.7. The van der Waals surface area contributed by atoms with Crippen molar-refractivity contribution in [3.8, 4) is 23.0 Å². The number of amides is 2. The van der Waals surface area contributed by atoms with Crippen LogP contribution in [0.15, 0.2) is 42.5 Å². The number of carbonyl (C=O) groups excluding carboxylic acids is 2. The first-order valence-corrected chi connectivity index (χ1v) is 24.4. The van der Waals surface area contributed by atoms with Gasteiger partial charge in [-0.15, -0.1) is 0 Å². The van der Waals surface area contributed by atoms with E-state index >= 15 is 8.78 Å². The number of benzene rings is 2. The molecule has 0 spiro atoms. The first-order chi connectivity index (χ1) is 33.2. The lowest BCUT2D eigenvalue weighted by Crippen LogP contribution is -2.37. The van der Waals surface area contributed by atoms with Crippen molar-refractivity contribution in [1.29, 1.82) is 0 Å². The SMILES string of the molecule is CC(CC(=O)O)C(=O)N(Cc1nn(CC(F)(F)F)c2c(-c3ccc(C#CC(C)(C)S(C)(=O)=O)nc3C(Cc3cc(F)cc(F)c3)NC(=O)Cn3nc(C(F)(F)F)c4c3C(F)(F)[C@@H]3C[C@H]43)ccc(Cl)c12)S(=O)[O-]. The van der Waals surface area contributed by atoms with Crippen LogP contribution in [0.2, 0.25) is 5.02 Å². The maximum Gasteiger partial charge on any atom is 0.435 e. The van der Waals surface area contributed by atoms with Crippen LogP contribution < -0.4 is 5.32 Å². The van der Waals surface area contributed by atoms with Gasteiger partial charge in [-0.25, -0.2) is 22.2 Å². The first kappa shape index (κ1) is 53.7. The number of nitrogens with zero attached hydrogens (tertiary/aromatic N) is 6. The van der Waals surface area contributed by atoms with Crippen LogP contribution in [0.3, 0.4) is 0 Å². The van der Waals surface area contributed by atoms with E-state index in [1.54, 1.807) is 0 Å². The van der Waals surface area contributed by atoms with Crippen molar-refractivity contribution in [2.24, 2.45) is 11.8 Å². The summed E-state index contributed by atoms with van der Waals surface area (Å²) in [6, 6.07) is 4.86. The van der Waals surface area contributed by atoms with E-state index in [4.69, 9.17) is 11.6 Å². The zero-order valence-electron chi connectivity index (χ0n) is 37.6. The first-order valence-electron chi connectivity index (χ1n) is 21.1. The van der Waals surface area contributed by atoms with Gasteiger partial charge in [0.15, 0.2) is 15.5 Å². The second kappa shape index (κ2) is 19.1. The molecule has 386 valence electrons. The highest BCUT2D eigenvalue weighted by molar-refractivity contribution is 7.92. The van der Waals surface area contributed by atoms with Crippen molar-refractivity contribution in [2.75, 3.05) is 6.26 Å². The number of nitrogens with one attached hydrogen (secondary N) is 1. The molecule has 2 amide bonds. The van der Waals surface area contributed by atoms with Gasteiger partial charge in [-0.05, 0) is 74.4 Å². The molecule has 3 unspecified atom stereocenters. The van der Waals surface area contributed by atoms with E-state index in [-0.39, 0.29) is 42.8 Å². The largest absolute Gasteiger partial charge is 0.755 e. The Labute approximate surface area is 409 Å². The molecule has 2 aliphatic carbocycles. The second-order valence-corrected chi connectivity index (χ2v) is 21.6. The minimum Gasteiger partial charge on any atom is -0.755 e. The lowest BCUT2D eigenvalue weighted by molar-refractivity contribution is -0.143. The van der Waals surface area contributed by atoms with Crippen molar-refractivity contribution >= 4 is 61.4 Å². The van der Waals surface area contributed by atoms with Crippen molar-refractivity contribution in [1.82, 2.24) is 34.2 Å². The number of halogens is 11. The highest BCUT2D eigenvalue weighted by Gasteiger charge is 2.68. The highest BCUT2D eigenvalue weighted by atomic mass is 35.5. The van der Waals surface area contributed by atoms with Gasteiger partial charge in [0, 0.05) is 46.2 Å². The molecular weight excluding hydrogens is 1040 g/mol. The molecule has 3 heterocycles. The summed E-state index contributed by atoms with van der Waals surface area (Å²) in [6.45, 7) is -0.772. The van der Waals surface area contributed by atoms with E-state index in [1.807, 2.05) is 0 Å². The van der Waals surface area contributed by atoms with Gasteiger partial charge in [-0.2, -0.15) is 45.3 Å². The number of carboxylic acid groups (broad SMARTS) is 1. The number of aromatic nitrogens is 5. The number of aliphatic carboxylic acids is 1. The Balaban J connectivity index is 1.45. The molecule has 0 radical (unpaired) electrons. The molecule has 5 aromatic rings. The molecule has 2 aromatic carbocycles. The van der Waals surface area contributed by atoms with Crippen LogP contribution in [-0.4, -0.2) is 86.1 Å². The Kier molecular flexibility index (Phi) is 14.2. The maximum atomic E-state index is 15.6. The normalized spacial score (nSPS) is 17.6. The summed E-state index contributed by atoms with van der Waals surface area (Å²) in [5.41, 5.74) is -6.26. The summed E-state index contributed by atoms with van der Waals surface area (Å²) in [5.74, 6) is -9.34. The average molecular weight is 1080 g/mol. The number of fused-ring (bicyclic) bond motifs is 4. The standard InChI is InChI=1S/C44H38ClF10N7O8S2/c1-20(11-33(64)65)40(66)62(71(67)68)17-31-35-29(45)8-7-26(37(35)61(58-31)19-42(48,49)50)25-6-5-24(9-10-41(2,3)72(4,69)70)56-36(25)30(14-21-12-22(46)15-23(47)13-21)57-32(63)18-60-39-34(38(59-60)44(53,54)55)27-16-28(27)43(39,51)52/h5-8,12-13,15,20,27-28,30H,11,14,16-19H2,1-4H3,(H,57,63)(H,64,65)(H,67,68)/p-1/t20?,27-,28+,30?/m0/s1. The van der Waals surface area contributed by atoms with Crippen LogP contribution in [-0.2, 0) is 73.6 Å². The number of hydrogen-bond acceptors (Lipinski definition) is 10. The summed E-state index contributed by atoms with van der Waals surface area (Å²) in [4.78, 5) is 43.2. The molecule has 5 atom stereocenters. The summed E-state index contributed by atoms with van der Waals surface area (Å²) in [7, 11) is -3.91. The predicted octanol–water partition coefficient (Wildman–Crippen LogP) is 7.52. The smallest absolute Gasteiger partial charge is 0.435 e. The lowest BCUT2D eigenvalue weighted by atomic mass is 9.93. The summed E-state index contributed by atoms with van der Waals surface area (Å²) >= 11 is 3.12. The van der Waals surface area contributed by atoms with Gasteiger partial charge in [-0.1, -0.05) is 30.5 Å². The van der Waals surface area contributed by atoms with Crippen molar-refractivity contribution in [2.45, 2.75) is 94.6 Å². The number of sulfone groups is 1. The van der Waals surface area contributed by atoms with E-state index in [1.165, 1.54) is 13.8 Å². The quantitative estimate of drug-likeness (QED) is 0.0595. The van der Waals surface area contributed by atoms with Crippen LogP contribution in [0.25, 0.3) is 22.0 Å². The van der Waals surface area contributed by atoms with Crippen molar-refractivity contribution < 1.29 is 80.6 Å². The van der Waals surface area contributed by atoms with E-state index in [0.29, 0.717) is 10.7 Å². The Hall–Kier alpha value is -6.11. The molecule has 1 fully saturated rings. The van der Waals surface area contributed by atoms with Crippen LogP contribution in [0.4, 0.5) is 43.9 Å². The molecule has 0 aliphatic heterocycles. The number of alkyl halides is 8. The van der Waals surface area contributed by atoms with E-state index in [9.17, 15) is 71.8 Å². The fourth-order valence-electron chi connectivity index (χ4n) is 8.40. The third kappa shape index (κ3) is 11.0. The van der Waals surface area contributed by atoms with E-state index < -0.39 is 169 Å². The molecule has 7 rings (SSSR count). The number of pyridine rings is 1. The van der Waals surface area contributed by atoms with Crippen molar-refractivity contribution in [3.05, 3.63) is 98.7 Å². The molecular formula is C44H37ClF10N7O8S2-. The Morgan fingerprint density at radius 1 is 1.03 bits per heavy atom. The van der Waals surface area contributed by atoms with Gasteiger partial charge in [0.25, 0.3) is 5.92 Å². The summed E-state index contributed by atoms with van der Waals surface area (Å²) < 4.78 is 196.